The van der Waals surface area contributed by atoms with Gasteiger partial charge in [-0.25, -0.2) is 22.4 Å². The molecule has 0 spiro atoms. The Morgan fingerprint density at radius 1 is 0.548 bits per heavy atom. The first-order chi connectivity index (χ1) is 13.3. The summed E-state index contributed by atoms with van der Waals surface area (Å²) in [5.41, 5.74) is -32.4. The first kappa shape index (κ1) is 23.8. The summed E-state index contributed by atoms with van der Waals surface area (Å²) in [6.07, 6.45) is 0. The molecule has 4 rings (SSSR count). The third kappa shape index (κ3) is 1.45. The zero-order chi connectivity index (χ0) is 24.9. The molecule has 0 N–H and O–H groups in total. The van der Waals surface area contributed by atoms with Crippen molar-refractivity contribution in [2.45, 2.75) is 65.1 Å². The maximum atomic E-state index is 15.1. The van der Waals surface area contributed by atoms with E-state index in [-0.39, 0.29) is 0 Å². The van der Waals surface area contributed by atoms with Crippen LogP contribution >= 0.6 is 0 Å². The Balaban J connectivity index is 2.65. The Morgan fingerprint density at radius 2 is 0.774 bits per heavy atom. The molecule has 17 heteroatoms. The summed E-state index contributed by atoms with van der Waals surface area (Å²) in [5, 5.41) is 0. The third-order valence-electron chi connectivity index (χ3n) is 5.79. The van der Waals surface area contributed by atoms with Crippen LogP contribution < -0.4 is 0 Å². The number of hydrogen-bond acceptors (Lipinski definition) is 2. The van der Waals surface area contributed by atoms with Crippen LogP contribution in [0, 0.1) is 0 Å². The molecule has 0 aromatic carbocycles. The van der Waals surface area contributed by atoms with E-state index in [1.165, 1.54) is 0 Å². The first-order valence-electron chi connectivity index (χ1n) is 7.55. The number of alkyl halides is 15. The van der Waals surface area contributed by atoms with E-state index >= 15 is 4.39 Å². The molecule has 2 nitrogen and oxygen atoms in total. The SMILES string of the molecule is C=C(C)C(=O)OC1(F)C2(F)C(F)(F)C3(F)C(F)(F)C(F)(C2(F)F)C(F)(F)C1(F)C3(F)F. The van der Waals surface area contributed by atoms with Gasteiger partial charge in [0, 0.05) is 5.57 Å². The van der Waals surface area contributed by atoms with Gasteiger partial charge in [-0.3, -0.25) is 0 Å². The van der Waals surface area contributed by atoms with Crippen molar-refractivity contribution in [1.29, 1.82) is 0 Å². The molecular weight excluding hydrogens is 485 g/mol. The van der Waals surface area contributed by atoms with Gasteiger partial charge in [-0.15, -0.1) is 0 Å². The molecule has 0 atom stereocenters. The molecule has 0 radical (unpaired) electrons. The van der Waals surface area contributed by atoms with Gasteiger partial charge in [-0.1, -0.05) is 6.58 Å². The number of halogens is 15. The minimum atomic E-state index is -7.93. The van der Waals surface area contributed by atoms with E-state index in [0.29, 0.717) is 6.92 Å². The summed E-state index contributed by atoms with van der Waals surface area (Å²) in [4.78, 5) is 11.3. The van der Waals surface area contributed by atoms with Gasteiger partial charge in [-0.05, 0) is 6.92 Å². The second kappa shape index (κ2) is 4.89. The fraction of sp³-hybridized carbons (Fsp3) is 0.786. The highest BCUT2D eigenvalue weighted by atomic mass is 19.3. The van der Waals surface area contributed by atoms with Crippen molar-refractivity contribution < 1.29 is 75.4 Å². The van der Waals surface area contributed by atoms with Crippen LogP contribution in [0.2, 0.25) is 0 Å². The Bertz CT molecular complexity index is 819. The highest BCUT2D eigenvalue weighted by Gasteiger charge is 3.24. The van der Waals surface area contributed by atoms with Crippen molar-refractivity contribution in [1.82, 2.24) is 0 Å². The zero-order valence-electron chi connectivity index (χ0n) is 14.2. The predicted octanol–water partition coefficient (Wildman–Crippen LogP) is 4.82. The molecule has 4 saturated carbocycles. The average Bonchev–Trinajstić information content (AvgIpc) is 2.60. The predicted molar refractivity (Wildman–Crippen MR) is 64.8 cm³/mol. The summed E-state index contributed by atoms with van der Waals surface area (Å²) in [7, 11) is 0. The highest BCUT2D eigenvalue weighted by Crippen LogP contribution is 2.88. The number of carbonyl (C=O) groups excluding carboxylic acids is 1. The molecule has 4 fully saturated rings. The Labute approximate surface area is 160 Å². The monoisotopic (exact) mass is 490 g/mol. The molecule has 0 unspecified atom stereocenters. The lowest BCUT2D eigenvalue weighted by Gasteiger charge is -2.73. The highest BCUT2D eigenvalue weighted by molar-refractivity contribution is 5.87. The van der Waals surface area contributed by atoms with E-state index < -0.39 is 69.7 Å². The molecule has 31 heavy (non-hydrogen) atoms. The molecule has 178 valence electrons. The second-order valence-electron chi connectivity index (χ2n) is 7.27. The molecule has 0 aromatic rings. The molecule has 0 aromatic heterocycles. The maximum Gasteiger partial charge on any atom is 0.343 e. The van der Waals surface area contributed by atoms with E-state index in [9.17, 15) is 66.3 Å². The molecule has 4 aliphatic carbocycles. The van der Waals surface area contributed by atoms with E-state index in [0.717, 1.165) is 0 Å². The van der Waals surface area contributed by atoms with Gasteiger partial charge in [-0.2, -0.15) is 48.3 Å². The number of carbonyl (C=O) groups is 1. The van der Waals surface area contributed by atoms with Crippen molar-refractivity contribution in [3.63, 3.8) is 0 Å². The van der Waals surface area contributed by atoms with Gasteiger partial charge < -0.3 is 4.74 Å². The lowest BCUT2D eigenvalue weighted by atomic mass is 9.40. The van der Waals surface area contributed by atoms with Crippen molar-refractivity contribution in [3.8, 4) is 0 Å². The number of rotatable bonds is 2. The van der Waals surface area contributed by atoms with E-state index in [4.69, 9.17) is 0 Å². The number of esters is 1. The lowest BCUT2D eigenvalue weighted by Crippen LogP contribution is -3.09. The molecule has 4 bridgehead atoms. The molecule has 0 aliphatic heterocycles. The van der Waals surface area contributed by atoms with Crippen LogP contribution in [-0.2, 0) is 9.53 Å². The van der Waals surface area contributed by atoms with Crippen molar-refractivity contribution in [2.24, 2.45) is 0 Å². The third-order valence-corrected chi connectivity index (χ3v) is 5.79. The minimum absolute atomic E-state index is 0.339. The number of ether oxygens (including phenoxy) is 1. The van der Waals surface area contributed by atoms with Crippen LogP contribution in [0.3, 0.4) is 0 Å². The molecular formula is C14H5F15O2. The molecule has 0 saturated heterocycles. The van der Waals surface area contributed by atoms with Gasteiger partial charge >= 0.3 is 64.1 Å². The van der Waals surface area contributed by atoms with Crippen LogP contribution in [0.5, 0.6) is 0 Å². The van der Waals surface area contributed by atoms with Crippen LogP contribution in [0.1, 0.15) is 6.92 Å². The van der Waals surface area contributed by atoms with E-state index in [2.05, 4.69) is 11.3 Å². The van der Waals surface area contributed by atoms with Crippen LogP contribution in [0.4, 0.5) is 65.9 Å². The molecule has 0 heterocycles. The smallest absolute Gasteiger partial charge is 0.343 e. The Morgan fingerprint density at radius 3 is 1.00 bits per heavy atom. The Kier molecular flexibility index (Phi) is 3.76. The second-order valence-corrected chi connectivity index (χ2v) is 7.27. The van der Waals surface area contributed by atoms with Gasteiger partial charge in [0.1, 0.15) is 0 Å². The minimum Gasteiger partial charge on any atom is -0.417 e. The summed E-state index contributed by atoms with van der Waals surface area (Å²) in [6, 6.07) is 0. The van der Waals surface area contributed by atoms with Gasteiger partial charge in [0.25, 0.3) is 0 Å². The van der Waals surface area contributed by atoms with Gasteiger partial charge in [0.05, 0.1) is 0 Å². The molecule has 0 amide bonds. The average molecular weight is 490 g/mol. The fourth-order valence-corrected chi connectivity index (χ4v) is 4.16. The van der Waals surface area contributed by atoms with Crippen LogP contribution in [-0.4, -0.2) is 64.1 Å². The van der Waals surface area contributed by atoms with Crippen molar-refractivity contribution in [3.05, 3.63) is 12.2 Å². The largest absolute Gasteiger partial charge is 0.417 e. The first-order valence-corrected chi connectivity index (χ1v) is 7.55. The van der Waals surface area contributed by atoms with Crippen molar-refractivity contribution >= 4 is 5.97 Å². The van der Waals surface area contributed by atoms with Crippen LogP contribution in [0.15, 0.2) is 12.2 Å². The normalized spacial score (nSPS) is 49.5. The van der Waals surface area contributed by atoms with Crippen LogP contribution in [0.25, 0.3) is 0 Å². The summed E-state index contributed by atoms with van der Waals surface area (Å²) in [5.74, 6) is -49.6. The fourth-order valence-electron chi connectivity index (χ4n) is 4.16. The summed E-state index contributed by atoms with van der Waals surface area (Å²) >= 11 is 0. The standard InChI is InChI=1S/C14H5F15O2/c1-3(2)4(30)31-14(29)7(17)10(21,22)5(15)9(19,20)6(16,12(7,25)26)13(27,28)8(14,18)11(5,23)24/h1H2,2H3. The number of hydrogen-bond donors (Lipinski definition) is 0. The van der Waals surface area contributed by atoms with Gasteiger partial charge in [0.2, 0.25) is 0 Å². The maximum absolute atomic E-state index is 15.1. The zero-order valence-corrected chi connectivity index (χ0v) is 14.2. The summed E-state index contributed by atoms with van der Waals surface area (Å²) < 4.78 is 219. The van der Waals surface area contributed by atoms with E-state index in [1.54, 1.807) is 0 Å². The summed E-state index contributed by atoms with van der Waals surface area (Å²) in [6.45, 7) is 2.85. The van der Waals surface area contributed by atoms with E-state index in [1.807, 2.05) is 0 Å². The lowest BCUT2D eigenvalue weighted by molar-refractivity contribution is -0.613. The topological polar surface area (TPSA) is 26.3 Å². The molecule has 4 aliphatic rings. The van der Waals surface area contributed by atoms with Gasteiger partial charge in [0.15, 0.2) is 0 Å². The quantitative estimate of drug-likeness (QED) is 0.315. The Hall–Kier alpha value is -1.84. The van der Waals surface area contributed by atoms with Crippen molar-refractivity contribution in [2.75, 3.05) is 0 Å².